The van der Waals surface area contributed by atoms with Crippen LogP contribution in [0.25, 0.3) is 11.3 Å². The Labute approximate surface area is 160 Å². The largest absolute Gasteiger partial charge is 0.496 e. The second-order valence-corrected chi connectivity index (χ2v) is 7.24. The van der Waals surface area contributed by atoms with Gasteiger partial charge in [0.1, 0.15) is 5.75 Å². The molecule has 0 saturated carbocycles. The van der Waals surface area contributed by atoms with Crippen LogP contribution in [-0.4, -0.2) is 23.9 Å². The highest BCUT2D eigenvalue weighted by Gasteiger charge is 2.27. The first-order chi connectivity index (χ1) is 12.9. The average molecular weight is 385 g/mol. The molecule has 0 saturated heterocycles. The van der Waals surface area contributed by atoms with Crippen LogP contribution in [0.4, 0.5) is 5.69 Å². The van der Waals surface area contributed by atoms with Gasteiger partial charge in [-0.05, 0) is 37.4 Å². The molecule has 0 atom stereocenters. The number of aromatic nitrogens is 1. The van der Waals surface area contributed by atoms with Crippen molar-refractivity contribution in [2.24, 2.45) is 0 Å². The summed E-state index contributed by atoms with van der Waals surface area (Å²) in [7, 11) is 1.51. The van der Waals surface area contributed by atoms with E-state index in [0.29, 0.717) is 22.8 Å². The molecule has 2 N–H and O–H groups in total. The molecule has 27 heavy (non-hydrogen) atoms. The number of nitrogens with zero attached hydrogens (tertiary/aromatic N) is 1. The number of rotatable bonds is 5. The first kappa shape index (κ1) is 18.7. The maximum atomic E-state index is 12.3. The van der Waals surface area contributed by atoms with E-state index in [1.807, 2.05) is 31.4 Å². The van der Waals surface area contributed by atoms with Crippen molar-refractivity contribution in [3.05, 3.63) is 53.2 Å². The highest BCUT2D eigenvalue weighted by molar-refractivity contribution is 7.10. The molecule has 0 bridgehead atoms. The van der Waals surface area contributed by atoms with Gasteiger partial charge < -0.3 is 19.8 Å². The van der Waals surface area contributed by atoms with Crippen molar-refractivity contribution < 1.29 is 18.7 Å². The minimum Gasteiger partial charge on any atom is -0.496 e. The lowest BCUT2D eigenvalue weighted by molar-refractivity contribution is -0.137. The Morgan fingerprint density at radius 2 is 2.04 bits per heavy atom. The number of amides is 2. The summed E-state index contributed by atoms with van der Waals surface area (Å²) in [5.41, 5.74) is 0.483. The summed E-state index contributed by atoms with van der Waals surface area (Å²) in [6.07, 6.45) is 2.89. The lowest BCUT2D eigenvalue weighted by Gasteiger charge is -2.24. The van der Waals surface area contributed by atoms with E-state index in [4.69, 9.17) is 9.15 Å². The Bertz CT molecular complexity index is 934. The molecule has 0 radical (unpaired) electrons. The quantitative estimate of drug-likeness (QED) is 0.657. The number of carbonyl (C=O) groups excluding carboxylic acids is 2. The number of methoxy groups -OCH3 is 1. The van der Waals surface area contributed by atoms with Crippen LogP contribution in [0.2, 0.25) is 0 Å². The smallest absolute Gasteiger partial charge is 0.313 e. The molecule has 140 valence electrons. The van der Waals surface area contributed by atoms with Crippen molar-refractivity contribution in [2.45, 2.75) is 19.4 Å². The topological polar surface area (TPSA) is 93.5 Å². The second-order valence-electron chi connectivity index (χ2n) is 6.29. The molecule has 0 unspecified atom stereocenters. The van der Waals surface area contributed by atoms with Crippen LogP contribution in [0.5, 0.6) is 5.75 Å². The molecule has 0 fully saturated rings. The van der Waals surface area contributed by atoms with Crippen LogP contribution in [0.15, 0.2) is 52.7 Å². The van der Waals surface area contributed by atoms with Gasteiger partial charge in [-0.25, -0.2) is 4.98 Å². The van der Waals surface area contributed by atoms with E-state index in [9.17, 15) is 9.59 Å². The van der Waals surface area contributed by atoms with Crippen LogP contribution >= 0.6 is 11.3 Å². The van der Waals surface area contributed by atoms with E-state index in [-0.39, 0.29) is 0 Å². The van der Waals surface area contributed by atoms with Gasteiger partial charge in [-0.2, -0.15) is 0 Å². The highest BCUT2D eigenvalue weighted by Crippen LogP contribution is 2.32. The van der Waals surface area contributed by atoms with E-state index in [1.165, 1.54) is 24.8 Å². The Morgan fingerprint density at radius 3 is 2.67 bits per heavy atom. The summed E-state index contributed by atoms with van der Waals surface area (Å²) in [4.78, 5) is 29.4. The van der Waals surface area contributed by atoms with E-state index in [0.717, 1.165) is 4.88 Å². The number of anilines is 1. The van der Waals surface area contributed by atoms with Gasteiger partial charge in [0.2, 0.25) is 0 Å². The van der Waals surface area contributed by atoms with Crippen LogP contribution in [-0.2, 0) is 15.1 Å². The number of hydrogen-bond donors (Lipinski definition) is 2. The zero-order chi connectivity index (χ0) is 19.4. The van der Waals surface area contributed by atoms with Crippen molar-refractivity contribution in [2.75, 3.05) is 12.4 Å². The average Bonchev–Trinajstić information content (AvgIpc) is 3.35. The summed E-state index contributed by atoms with van der Waals surface area (Å²) in [6, 6.07) is 8.82. The van der Waals surface area contributed by atoms with Crippen molar-refractivity contribution in [3.8, 4) is 17.1 Å². The number of carbonyl (C=O) groups is 2. The maximum Gasteiger partial charge on any atom is 0.313 e. The van der Waals surface area contributed by atoms with E-state index in [1.54, 1.807) is 24.4 Å². The van der Waals surface area contributed by atoms with E-state index < -0.39 is 17.4 Å². The first-order valence-corrected chi connectivity index (χ1v) is 9.03. The Morgan fingerprint density at radius 1 is 1.22 bits per heavy atom. The maximum absolute atomic E-state index is 12.3. The Balaban J connectivity index is 1.71. The van der Waals surface area contributed by atoms with Gasteiger partial charge in [-0.3, -0.25) is 9.59 Å². The minimum atomic E-state index is -0.755. The van der Waals surface area contributed by atoms with Crippen LogP contribution in [0, 0.1) is 0 Å². The molecule has 2 aromatic heterocycles. The molecular formula is C19H19N3O4S. The molecule has 1 aromatic carbocycles. The van der Waals surface area contributed by atoms with Crippen LogP contribution in [0.3, 0.4) is 0 Å². The predicted octanol–water partition coefficient (Wildman–Crippen LogP) is 3.40. The molecule has 3 rings (SSSR count). The molecule has 0 aliphatic rings. The zero-order valence-electron chi connectivity index (χ0n) is 15.1. The SMILES string of the molecule is COc1cc(NC(=O)C(=O)NC(C)(C)c2cccs2)ccc1-c1cnco1. The van der Waals surface area contributed by atoms with Gasteiger partial charge in [0.15, 0.2) is 12.2 Å². The molecule has 2 heterocycles. The van der Waals surface area contributed by atoms with Crippen LogP contribution in [0.1, 0.15) is 18.7 Å². The fraction of sp³-hybridized carbons (Fsp3) is 0.211. The van der Waals surface area contributed by atoms with Gasteiger partial charge >= 0.3 is 11.8 Å². The van der Waals surface area contributed by atoms with Gasteiger partial charge in [0.25, 0.3) is 0 Å². The molecule has 0 aliphatic heterocycles. The summed E-state index contributed by atoms with van der Waals surface area (Å²) in [6.45, 7) is 3.69. The third kappa shape index (κ3) is 4.17. The summed E-state index contributed by atoms with van der Waals surface area (Å²) < 4.78 is 10.6. The van der Waals surface area contributed by atoms with E-state index >= 15 is 0 Å². The predicted molar refractivity (Wildman–Crippen MR) is 103 cm³/mol. The summed E-state index contributed by atoms with van der Waals surface area (Å²) in [5.74, 6) is -0.440. The molecule has 7 nitrogen and oxygen atoms in total. The molecule has 0 aliphatic carbocycles. The second kappa shape index (κ2) is 7.63. The summed E-state index contributed by atoms with van der Waals surface area (Å²) >= 11 is 1.52. The highest BCUT2D eigenvalue weighted by atomic mass is 32.1. The Kier molecular flexibility index (Phi) is 5.27. The van der Waals surface area contributed by atoms with Crippen molar-refractivity contribution in [3.63, 3.8) is 0 Å². The number of thiophene rings is 1. The van der Waals surface area contributed by atoms with Crippen molar-refractivity contribution in [1.29, 1.82) is 0 Å². The third-order valence-electron chi connectivity index (χ3n) is 3.93. The molecule has 8 heteroatoms. The molecular weight excluding hydrogens is 366 g/mol. The van der Waals surface area contributed by atoms with Gasteiger partial charge in [-0.1, -0.05) is 6.07 Å². The standard InChI is InChI=1S/C19H19N3O4S/c1-19(2,16-5-4-8-27-16)22-18(24)17(23)21-12-6-7-13(14(9-12)25-3)15-10-20-11-26-15/h4-11H,1-3H3,(H,21,23)(H,22,24). The number of ether oxygens (including phenoxy) is 1. The van der Waals surface area contributed by atoms with Crippen LogP contribution < -0.4 is 15.4 Å². The zero-order valence-corrected chi connectivity index (χ0v) is 15.9. The van der Waals surface area contributed by atoms with Crippen molar-refractivity contribution in [1.82, 2.24) is 10.3 Å². The first-order valence-electron chi connectivity index (χ1n) is 8.15. The van der Waals surface area contributed by atoms with E-state index in [2.05, 4.69) is 15.6 Å². The Hall–Kier alpha value is -3.13. The minimum absolute atomic E-state index is 0.434. The van der Waals surface area contributed by atoms with Gasteiger partial charge in [0.05, 0.1) is 24.4 Å². The molecule has 3 aromatic rings. The lowest BCUT2D eigenvalue weighted by atomic mass is 10.0. The fourth-order valence-corrected chi connectivity index (χ4v) is 3.35. The third-order valence-corrected chi connectivity index (χ3v) is 5.12. The number of hydrogen-bond acceptors (Lipinski definition) is 6. The number of benzene rings is 1. The van der Waals surface area contributed by atoms with Gasteiger partial charge in [0, 0.05) is 16.6 Å². The summed E-state index contributed by atoms with van der Waals surface area (Å²) in [5, 5.41) is 7.25. The molecule has 2 amide bonds. The number of oxazole rings is 1. The fourth-order valence-electron chi connectivity index (χ4n) is 2.55. The number of nitrogens with one attached hydrogen (secondary N) is 2. The lowest BCUT2D eigenvalue weighted by Crippen LogP contribution is -2.45. The normalized spacial score (nSPS) is 11.1. The molecule has 0 spiro atoms. The van der Waals surface area contributed by atoms with Gasteiger partial charge in [-0.15, -0.1) is 11.3 Å². The monoisotopic (exact) mass is 385 g/mol. The van der Waals surface area contributed by atoms with Crippen molar-refractivity contribution >= 4 is 28.8 Å².